The van der Waals surface area contributed by atoms with Crippen LogP contribution in [0, 0.1) is 13.8 Å². The highest BCUT2D eigenvalue weighted by Gasteiger charge is 2.29. The number of pyridine rings is 1. The van der Waals surface area contributed by atoms with Crippen molar-refractivity contribution in [3.63, 3.8) is 0 Å². The zero-order valence-electron chi connectivity index (χ0n) is 14.0. The summed E-state index contributed by atoms with van der Waals surface area (Å²) in [5, 5.41) is 7.09. The summed E-state index contributed by atoms with van der Waals surface area (Å²) in [5.41, 5.74) is 4.49. The quantitative estimate of drug-likeness (QED) is 0.947. The second-order valence-electron chi connectivity index (χ2n) is 6.64. The molecule has 121 valence electrons. The van der Waals surface area contributed by atoms with Gasteiger partial charge in [-0.2, -0.15) is 5.10 Å². The molecule has 1 radical (unpaired) electrons. The summed E-state index contributed by atoms with van der Waals surface area (Å²) in [7, 11) is 0. The van der Waals surface area contributed by atoms with Gasteiger partial charge in [0.15, 0.2) is 0 Å². The van der Waals surface area contributed by atoms with Crippen molar-refractivity contribution in [2.45, 2.75) is 39.0 Å². The minimum Gasteiger partial charge on any atom is -0.337 e. The van der Waals surface area contributed by atoms with E-state index < -0.39 is 0 Å². The van der Waals surface area contributed by atoms with Crippen molar-refractivity contribution in [1.29, 1.82) is 0 Å². The van der Waals surface area contributed by atoms with Gasteiger partial charge in [0.05, 0.1) is 5.69 Å². The molecule has 3 heterocycles. The molecule has 2 aromatic rings. The van der Waals surface area contributed by atoms with Gasteiger partial charge >= 0.3 is 0 Å². The third kappa shape index (κ3) is 3.28. The van der Waals surface area contributed by atoms with Crippen molar-refractivity contribution < 1.29 is 4.79 Å². The van der Waals surface area contributed by atoms with Gasteiger partial charge in [0.25, 0.3) is 5.91 Å². The highest BCUT2D eigenvalue weighted by molar-refractivity contribution is 5.92. The normalized spacial score (nSPS) is 18.0. The number of rotatable bonds is 3. The van der Waals surface area contributed by atoms with Gasteiger partial charge in [-0.1, -0.05) is 13.8 Å². The predicted octanol–water partition coefficient (Wildman–Crippen LogP) is 3.05. The van der Waals surface area contributed by atoms with Crippen LogP contribution in [0.3, 0.4) is 0 Å². The number of hydrogen-bond acceptors (Lipinski definition) is 3. The number of carbonyl (C=O) groups excluding carboxylic acids is 1. The number of amides is 1. The van der Waals surface area contributed by atoms with E-state index in [9.17, 15) is 4.79 Å². The van der Waals surface area contributed by atoms with Crippen LogP contribution in [0.4, 0.5) is 0 Å². The van der Waals surface area contributed by atoms with Crippen molar-refractivity contribution in [2.75, 3.05) is 13.1 Å². The van der Waals surface area contributed by atoms with Crippen LogP contribution in [0.2, 0.25) is 0 Å². The zero-order chi connectivity index (χ0) is 16.6. The minimum atomic E-state index is 0.0226. The second kappa shape index (κ2) is 6.14. The molecular weight excluding hydrogens is 288 g/mol. The largest absolute Gasteiger partial charge is 0.337 e. The van der Waals surface area contributed by atoms with Gasteiger partial charge in [-0.15, -0.1) is 0 Å². The Morgan fingerprint density at radius 3 is 2.83 bits per heavy atom. The van der Waals surface area contributed by atoms with E-state index in [0.29, 0.717) is 18.2 Å². The number of hydrogen-bond donors (Lipinski definition) is 1. The molecule has 1 unspecified atom stereocenters. The zero-order valence-corrected chi connectivity index (χ0v) is 14.0. The van der Waals surface area contributed by atoms with Gasteiger partial charge in [-0.3, -0.25) is 14.9 Å². The highest BCUT2D eigenvalue weighted by atomic mass is 16.2. The molecule has 1 aliphatic heterocycles. The minimum absolute atomic E-state index is 0.0226. The molecular formula is C18H23N4O. The molecule has 1 N–H and O–H groups in total. The van der Waals surface area contributed by atoms with Crippen LogP contribution in [0.1, 0.15) is 65.2 Å². The van der Waals surface area contributed by atoms with Crippen molar-refractivity contribution in [2.24, 2.45) is 0 Å². The maximum Gasteiger partial charge on any atom is 0.271 e. The second-order valence-corrected chi connectivity index (χ2v) is 6.64. The topological polar surface area (TPSA) is 61.9 Å². The maximum absolute atomic E-state index is 12.6. The molecule has 1 atom stereocenters. The molecule has 3 rings (SSSR count). The number of nitrogens with zero attached hydrogens (tertiary/aromatic N) is 3. The van der Waals surface area contributed by atoms with Gasteiger partial charge in [-0.25, -0.2) is 0 Å². The molecule has 0 bridgehead atoms. The molecule has 1 aliphatic rings. The Morgan fingerprint density at radius 1 is 1.39 bits per heavy atom. The third-order valence-corrected chi connectivity index (χ3v) is 4.35. The molecule has 5 heteroatoms. The summed E-state index contributed by atoms with van der Waals surface area (Å²) >= 11 is 0. The molecule has 0 saturated carbocycles. The summed E-state index contributed by atoms with van der Waals surface area (Å²) in [5.74, 6) is 0.618. The van der Waals surface area contributed by atoms with Crippen LogP contribution >= 0.6 is 0 Å². The Morgan fingerprint density at radius 2 is 2.17 bits per heavy atom. The number of likely N-dealkylation sites (tertiary alicyclic amines) is 1. The number of nitrogens with one attached hydrogen (secondary N) is 1. The SMILES string of the molecule is [CH2]c1cc(C)nc(C2CCN(C(=O)c3cc(C(C)C)n[nH]3)C2)c1. The molecule has 0 spiro atoms. The first kappa shape index (κ1) is 15.7. The molecule has 0 aliphatic carbocycles. The molecule has 0 aromatic carbocycles. The Bertz CT molecular complexity index is 699. The van der Waals surface area contributed by atoms with E-state index in [2.05, 4.69) is 36.0 Å². The lowest BCUT2D eigenvalue weighted by atomic mass is 10.0. The van der Waals surface area contributed by atoms with Crippen LogP contribution in [-0.2, 0) is 0 Å². The van der Waals surface area contributed by atoms with Crippen molar-refractivity contribution in [1.82, 2.24) is 20.1 Å². The van der Waals surface area contributed by atoms with E-state index in [1.165, 1.54) is 0 Å². The number of H-pyrrole nitrogens is 1. The number of aromatic amines is 1. The lowest BCUT2D eigenvalue weighted by Crippen LogP contribution is -2.28. The van der Waals surface area contributed by atoms with E-state index in [0.717, 1.165) is 35.6 Å². The summed E-state index contributed by atoms with van der Waals surface area (Å²) in [6, 6.07) is 5.86. The summed E-state index contributed by atoms with van der Waals surface area (Å²) < 4.78 is 0. The fourth-order valence-electron chi connectivity index (χ4n) is 3.08. The first-order chi connectivity index (χ1) is 10.9. The lowest BCUT2D eigenvalue weighted by molar-refractivity contribution is 0.0785. The molecule has 23 heavy (non-hydrogen) atoms. The highest BCUT2D eigenvalue weighted by Crippen LogP contribution is 2.28. The van der Waals surface area contributed by atoms with Gasteiger partial charge in [0, 0.05) is 30.4 Å². The number of aryl methyl sites for hydroxylation is 1. The monoisotopic (exact) mass is 311 g/mol. The van der Waals surface area contributed by atoms with E-state index in [4.69, 9.17) is 0 Å². The Balaban J connectivity index is 1.72. The molecule has 1 fully saturated rings. The van der Waals surface area contributed by atoms with Crippen LogP contribution in [-0.4, -0.2) is 39.1 Å². The van der Waals surface area contributed by atoms with E-state index in [1.807, 2.05) is 30.0 Å². The summed E-state index contributed by atoms with van der Waals surface area (Å²) in [4.78, 5) is 19.1. The summed E-state index contributed by atoms with van der Waals surface area (Å²) in [6.45, 7) is 11.6. The van der Waals surface area contributed by atoms with Gasteiger partial charge < -0.3 is 4.90 Å². The number of aromatic nitrogens is 3. The first-order valence-corrected chi connectivity index (χ1v) is 8.09. The van der Waals surface area contributed by atoms with Gasteiger partial charge in [-0.05, 0) is 49.9 Å². The van der Waals surface area contributed by atoms with Gasteiger partial charge in [0.2, 0.25) is 0 Å². The fraction of sp³-hybridized carbons (Fsp3) is 0.444. The van der Waals surface area contributed by atoms with Crippen molar-refractivity contribution in [3.05, 3.63) is 53.5 Å². The van der Waals surface area contributed by atoms with E-state index >= 15 is 0 Å². The standard InChI is InChI=1S/C18H23N4O/c1-11(2)15-9-17(21-20-15)18(23)22-6-5-14(10-22)16-8-12(3)7-13(4)19-16/h7-9,11,14H,3,5-6,10H2,1-2,4H3,(H,20,21). The van der Waals surface area contributed by atoms with Crippen LogP contribution < -0.4 is 0 Å². The number of carbonyl (C=O) groups is 1. The molecule has 2 aromatic heterocycles. The Kier molecular flexibility index (Phi) is 4.20. The molecule has 1 amide bonds. The maximum atomic E-state index is 12.6. The third-order valence-electron chi connectivity index (χ3n) is 4.35. The predicted molar refractivity (Wildman–Crippen MR) is 89.4 cm³/mol. The Labute approximate surface area is 137 Å². The average molecular weight is 311 g/mol. The molecule has 1 saturated heterocycles. The first-order valence-electron chi connectivity index (χ1n) is 8.09. The summed E-state index contributed by atoms with van der Waals surface area (Å²) in [6.07, 6.45) is 0.937. The fourth-order valence-corrected chi connectivity index (χ4v) is 3.08. The van der Waals surface area contributed by atoms with Crippen molar-refractivity contribution in [3.8, 4) is 0 Å². The van der Waals surface area contributed by atoms with Gasteiger partial charge in [0.1, 0.15) is 5.69 Å². The van der Waals surface area contributed by atoms with Crippen LogP contribution in [0.5, 0.6) is 0 Å². The van der Waals surface area contributed by atoms with Crippen molar-refractivity contribution >= 4 is 5.91 Å². The van der Waals surface area contributed by atoms with Crippen LogP contribution in [0.15, 0.2) is 18.2 Å². The molecule has 5 nitrogen and oxygen atoms in total. The van der Waals surface area contributed by atoms with E-state index in [1.54, 1.807) is 0 Å². The Hall–Kier alpha value is -2.17. The average Bonchev–Trinajstić information content (AvgIpc) is 3.15. The van der Waals surface area contributed by atoms with Crippen LogP contribution in [0.25, 0.3) is 0 Å². The lowest BCUT2D eigenvalue weighted by Gasteiger charge is -2.15. The van der Waals surface area contributed by atoms with E-state index in [-0.39, 0.29) is 11.8 Å². The smallest absolute Gasteiger partial charge is 0.271 e.